The van der Waals surface area contributed by atoms with Gasteiger partial charge in [-0.3, -0.25) is 9.88 Å². The highest BCUT2D eigenvalue weighted by Gasteiger charge is 2.39. The van der Waals surface area contributed by atoms with Crippen LogP contribution in [0.2, 0.25) is 0 Å². The Morgan fingerprint density at radius 1 is 1.20 bits per heavy atom. The normalized spacial score (nSPS) is 27.2. The molecule has 3 rings (SSSR count). The Balaban J connectivity index is 1.90. The molecule has 0 radical (unpaired) electrons. The lowest BCUT2D eigenvalue weighted by molar-refractivity contribution is 0.0210. The van der Waals surface area contributed by atoms with Crippen molar-refractivity contribution >= 4 is 10.8 Å². The Morgan fingerprint density at radius 2 is 2.00 bits per heavy atom. The summed E-state index contributed by atoms with van der Waals surface area (Å²) in [5.74, 6) is 0. The van der Waals surface area contributed by atoms with Crippen LogP contribution in [0.5, 0.6) is 0 Å². The summed E-state index contributed by atoms with van der Waals surface area (Å²) in [4.78, 5) is 6.28. The van der Waals surface area contributed by atoms with Crippen LogP contribution in [0.15, 0.2) is 36.5 Å². The highest BCUT2D eigenvalue weighted by molar-refractivity contribution is 5.84. The average Bonchev–Trinajstić information content (AvgIpc) is 2.74. The first kappa shape index (κ1) is 13.5. The van der Waals surface area contributed by atoms with Crippen molar-refractivity contribution in [3.8, 4) is 0 Å². The van der Waals surface area contributed by atoms with E-state index in [1.165, 1.54) is 0 Å². The van der Waals surface area contributed by atoms with Crippen molar-refractivity contribution in [3.05, 3.63) is 42.2 Å². The molecular weight excluding hydrogens is 256 g/mol. The van der Waals surface area contributed by atoms with Crippen LogP contribution in [0.1, 0.15) is 5.69 Å². The number of nitrogens with zero attached hydrogens (tertiary/aromatic N) is 2. The number of β-amino-alcohol motifs (C(OH)–C–C–N with tert-alkyl or cyclic N) is 1. The van der Waals surface area contributed by atoms with E-state index in [0.717, 1.165) is 16.5 Å². The maximum absolute atomic E-state index is 9.85. The SMILES string of the molecule is OC[C@@H]1[C@@H](O)[C@@H](O)CN1Cc1nccc2ccccc12. The lowest BCUT2D eigenvalue weighted by Gasteiger charge is -2.23. The largest absolute Gasteiger partial charge is 0.395 e. The van der Waals surface area contributed by atoms with Gasteiger partial charge < -0.3 is 15.3 Å². The van der Waals surface area contributed by atoms with Crippen molar-refractivity contribution in [2.45, 2.75) is 24.8 Å². The molecule has 0 amide bonds. The van der Waals surface area contributed by atoms with Gasteiger partial charge in [0.2, 0.25) is 0 Å². The molecule has 1 aromatic heterocycles. The highest BCUT2D eigenvalue weighted by Crippen LogP contribution is 2.23. The van der Waals surface area contributed by atoms with Crippen molar-refractivity contribution in [2.75, 3.05) is 13.2 Å². The van der Waals surface area contributed by atoms with Gasteiger partial charge in [-0.25, -0.2) is 0 Å². The van der Waals surface area contributed by atoms with E-state index in [0.29, 0.717) is 13.1 Å². The van der Waals surface area contributed by atoms with Crippen molar-refractivity contribution in [2.24, 2.45) is 0 Å². The molecule has 2 heterocycles. The van der Waals surface area contributed by atoms with Crippen LogP contribution in [0.3, 0.4) is 0 Å². The minimum atomic E-state index is -0.907. The average molecular weight is 274 g/mol. The fourth-order valence-electron chi connectivity index (χ4n) is 2.86. The fraction of sp³-hybridized carbons (Fsp3) is 0.400. The van der Waals surface area contributed by atoms with Crippen molar-refractivity contribution in [1.82, 2.24) is 9.88 Å². The number of rotatable bonds is 3. The molecule has 0 saturated carbocycles. The van der Waals surface area contributed by atoms with Gasteiger partial charge in [0.15, 0.2) is 0 Å². The molecule has 1 saturated heterocycles. The molecule has 0 unspecified atom stereocenters. The van der Waals surface area contributed by atoms with E-state index in [-0.39, 0.29) is 6.61 Å². The molecule has 1 aliphatic rings. The Hall–Kier alpha value is -1.53. The quantitative estimate of drug-likeness (QED) is 0.742. The zero-order valence-corrected chi connectivity index (χ0v) is 11.1. The lowest BCUT2D eigenvalue weighted by Crippen LogP contribution is -2.38. The van der Waals surface area contributed by atoms with E-state index >= 15 is 0 Å². The predicted octanol–water partition coefficient (Wildman–Crippen LogP) is 0.133. The van der Waals surface area contributed by atoms with Crippen LogP contribution in [0, 0.1) is 0 Å². The van der Waals surface area contributed by atoms with Crippen LogP contribution in [-0.2, 0) is 6.54 Å². The van der Waals surface area contributed by atoms with E-state index in [4.69, 9.17) is 0 Å². The molecule has 3 N–H and O–H groups in total. The standard InChI is InChI=1S/C15H18N2O3/c18-9-13-15(20)14(19)8-17(13)7-12-11-4-2-1-3-10(11)5-6-16-12/h1-6,13-15,18-20H,7-9H2/t13-,14+,15-/m1/s1. The van der Waals surface area contributed by atoms with Gasteiger partial charge in [-0.05, 0) is 11.5 Å². The van der Waals surface area contributed by atoms with Crippen molar-refractivity contribution in [3.63, 3.8) is 0 Å². The third kappa shape index (κ3) is 2.29. The van der Waals surface area contributed by atoms with Gasteiger partial charge in [0.1, 0.15) is 0 Å². The van der Waals surface area contributed by atoms with E-state index in [2.05, 4.69) is 4.98 Å². The number of hydrogen-bond acceptors (Lipinski definition) is 5. The van der Waals surface area contributed by atoms with Gasteiger partial charge in [-0.2, -0.15) is 0 Å². The third-order valence-electron chi connectivity index (χ3n) is 3.98. The summed E-state index contributed by atoms with van der Waals surface area (Å²) in [6.45, 7) is 0.668. The lowest BCUT2D eigenvalue weighted by atomic mass is 10.1. The molecule has 0 aliphatic carbocycles. The predicted molar refractivity (Wildman–Crippen MR) is 75.0 cm³/mol. The summed E-state index contributed by atoms with van der Waals surface area (Å²) in [6, 6.07) is 9.49. The Morgan fingerprint density at radius 3 is 2.80 bits per heavy atom. The second kappa shape index (κ2) is 5.46. The third-order valence-corrected chi connectivity index (χ3v) is 3.98. The molecule has 0 spiro atoms. The monoisotopic (exact) mass is 274 g/mol. The number of hydrogen-bond donors (Lipinski definition) is 3. The van der Waals surface area contributed by atoms with Gasteiger partial charge in [-0.15, -0.1) is 0 Å². The second-order valence-corrected chi connectivity index (χ2v) is 5.22. The van der Waals surface area contributed by atoms with Gasteiger partial charge in [0.05, 0.1) is 30.6 Å². The molecule has 20 heavy (non-hydrogen) atoms. The first-order chi connectivity index (χ1) is 9.70. The summed E-state index contributed by atoms with van der Waals surface area (Å²) < 4.78 is 0. The van der Waals surface area contributed by atoms with E-state index in [1.807, 2.05) is 35.2 Å². The summed E-state index contributed by atoms with van der Waals surface area (Å²) in [5, 5.41) is 31.1. The number of pyridine rings is 1. The minimum Gasteiger partial charge on any atom is -0.395 e. The first-order valence-corrected chi connectivity index (χ1v) is 6.74. The topological polar surface area (TPSA) is 76.8 Å². The Bertz CT molecular complexity index is 599. The van der Waals surface area contributed by atoms with Crippen molar-refractivity contribution < 1.29 is 15.3 Å². The van der Waals surface area contributed by atoms with Gasteiger partial charge in [0.25, 0.3) is 0 Å². The Kier molecular flexibility index (Phi) is 3.67. The van der Waals surface area contributed by atoms with Crippen LogP contribution in [0.4, 0.5) is 0 Å². The van der Waals surface area contributed by atoms with E-state index in [9.17, 15) is 15.3 Å². The highest BCUT2D eigenvalue weighted by atomic mass is 16.3. The molecule has 1 aromatic carbocycles. The molecule has 5 nitrogen and oxygen atoms in total. The number of likely N-dealkylation sites (tertiary alicyclic amines) is 1. The minimum absolute atomic E-state index is 0.178. The first-order valence-electron chi connectivity index (χ1n) is 6.74. The van der Waals surface area contributed by atoms with Gasteiger partial charge in [-0.1, -0.05) is 24.3 Å². The maximum atomic E-state index is 9.85. The van der Waals surface area contributed by atoms with Gasteiger partial charge >= 0.3 is 0 Å². The van der Waals surface area contributed by atoms with E-state index < -0.39 is 18.2 Å². The number of fused-ring (bicyclic) bond motifs is 1. The van der Waals surface area contributed by atoms with Crippen LogP contribution < -0.4 is 0 Å². The molecule has 5 heteroatoms. The summed E-state index contributed by atoms with van der Waals surface area (Å²) in [5.41, 5.74) is 0.892. The van der Waals surface area contributed by atoms with Crippen LogP contribution in [0.25, 0.3) is 10.8 Å². The number of aliphatic hydroxyl groups excluding tert-OH is 3. The zero-order valence-electron chi connectivity index (χ0n) is 11.1. The van der Waals surface area contributed by atoms with Gasteiger partial charge in [0, 0.05) is 24.7 Å². The molecule has 0 bridgehead atoms. The number of benzene rings is 1. The molecule has 1 aliphatic heterocycles. The molecule has 1 fully saturated rings. The fourth-order valence-corrected chi connectivity index (χ4v) is 2.86. The maximum Gasteiger partial charge on any atom is 0.0988 e. The molecule has 2 aromatic rings. The Labute approximate surface area is 117 Å². The molecule has 3 atom stereocenters. The number of aliphatic hydroxyl groups is 3. The zero-order chi connectivity index (χ0) is 14.1. The molecular formula is C15H18N2O3. The van der Waals surface area contributed by atoms with E-state index in [1.54, 1.807) is 6.20 Å². The van der Waals surface area contributed by atoms with Crippen LogP contribution >= 0.6 is 0 Å². The second-order valence-electron chi connectivity index (χ2n) is 5.22. The smallest absolute Gasteiger partial charge is 0.0988 e. The van der Waals surface area contributed by atoms with Crippen molar-refractivity contribution in [1.29, 1.82) is 0 Å². The number of aromatic nitrogens is 1. The summed E-state index contributed by atoms with van der Waals surface area (Å²) >= 11 is 0. The molecule has 106 valence electrons. The summed E-state index contributed by atoms with van der Waals surface area (Å²) in [6.07, 6.45) is 0.0336. The summed E-state index contributed by atoms with van der Waals surface area (Å²) in [7, 11) is 0. The van der Waals surface area contributed by atoms with Crippen LogP contribution in [-0.4, -0.2) is 56.6 Å².